The van der Waals surface area contributed by atoms with E-state index >= 15 is 0 Å². The standard InChI is InChI=1S/C18H27NO/c1-14-6-4-11-18(20,12-14)17(13-19)10-5-8-15-7-2-3-9-16(15)17/h2-3,7,9,14,20H,4-6,8,10-13,19H2,1H3. The topological polar surface area (TPSA) is 46.2 Å². The Labute approximate surface area is 122 Å². The maximum atomic E-state index is 11.5. The minimum absolute atomic E-state index is 0.226. The van der Waals surface area contributed by atoms with Crippen LogP contribution in [0.15, 0.2) is 24.3 Å². The van der Waals surface area contributed by atoms with E-state index in [1.807, 2.05) is 0 Å². The summed E-state index contributed by atoms with van der Waals surface area (Å²) in [5, 5.41) is 11.5. The molecule has 0 heterocycles. The van der Waals surface area contributed by atoms with Gasteiger partial charge in [0.25, 0.3) is 0 Å². The Balaban J connectivity index is 2.08. The zero-order valence-corrected chi connectivity index (χ0v) is 12.6. The molecule has 2 aliphatic carbocycles. The normalized spacial score (nSPS) is 37.5. The predicted octanol–water partition coefficient (Wildman–Crippen LogP) is 3.16. The molecule has 3 N–H and O–H groups in total. The van der Waals surface area contributed by atoms with Crippen LogP contribution in [0, 0.1) is 5.92 Å². The minimum Gasteiger partial charge on any atom is -0.389 e. The highest BCUT2D eigenvalue weighted by atomic mass is 16.3. The highest BCUT2D eigenvalue weighted by Crippen LogP contribution is 2.51. The first-order valence-electron chi connectivity index (χ1n) is 8.12. The molecule has 1 fully saturated rings. The molecule has 0 aromatic heterocycles. The van der Waals surface area contributed by atoms with Gasteiger partial charge < -0.3 is 10.8 Å². The Bertz CT molecular complexity index is 486. The third kappa shape index (κ3) is 2.01. The van der Waals surface area contributed by atoms with Gasteiger partial charge in [-0.1, -0.05) is 44.0 Å². The van der Waals surface area contributed by atoms with E-state index in [0.717, 1.165) is 38.5 Å². The van der Waals surface area contributed by atoms with Crippen molar-refractivity contribution in [1.29, 1.82) is 0 Å². The van der Waals surface area contributed by atoms with Gasteiger partial charge in [0.15, 0.2) is 0 Å². The minimum atomic E-state index is -0.615. The van der Waals surface area contributed by atoms with Gasteiger partial charge in [-0.2, -0.15) is 0 Å². The summed E-state index contributed by atoms with van der Waals surface area (Å²) in [6.07, 6.45) is 7.48. The van der Waals surface area contributed by atoms with E-state index in [1.54, 1.807) is 0 Å². The van der Waals surface area contributed by atoms with Crippen LogP contribution in [-0.4, -0.2) is 17.3 Å². The van der Waals surface area contributed by atoms with Crippen LogP contribution in [0.4, 0.5) is 0 Å². The molecule has 0 bridgehead atoms. The number of rotatable bonds is 2. The van der Waals surface area contributed by atoms with Crippen LogP contribution in [0.2, 0.25) is 0 Å². The molecule has 0 spiro atoms. The molecule has 0 radical (unpaired) electrons. The van der Waals surface area contributed by atoms with Crippen molar-refractivity contribution in [2.75, 3.05) is 6.54 Å². The second-order valence-corrected chi connectivity index (χ2v) is 7.03. The van der Waals surface area contributed by atoms with Crippen molar-refractivity contribution in [2.24, 2.45) is 11.7 Å². The molecule has 0 saturated heterocycles. The van der Waals surface area contributed by atoms with Gasteiger partial charge >= 0.3 is 0 Å². The van der Waals surface area contributed by atoms with Gasteiger partial charge in [-0.05, 0) is 49.1 Å². The fourth-order valence-corrected chi connectivity index (χ4v) is 4.76. The van der Waals surface area contributed by atoms with Crippen LogP contribution in [0.1, 0.15) is 56.6 Å². The lowest BCUT2D eigenvalue weighted by molar-refractivity contribution is -0.0847. The molecule has 2 heteroatoms. The largest absolute Gasteiger partial charge is 0.389 e. The molecule has 110 valence electrons. The van der Waals surface area contributed by atoms with E-state index in [0.29, 0.717) is 12.5 Å². The first-order chi connectivity index (χ1) is 9.61. The SMILES string of the molecule is CC1CCCC(O)(C2(CN)CCCc3ccccc32)C1. The molecule has 1 aromatic rings. The van der Waals surface area contributed by atoms with Crippen LogP contribution >= 0.6 is 0 Å². The van der Waals surface area contributed by atoms with Crippen LogP contribution < -0.4 is 5.73 Å². The highest BCUT2D eigenvalue weighted by molar-refractivity contribution is 5.40. The smallest absolute Gasteiger partial charge is 0.0758 e. The second-order valence-electron chi connectivity index (χ2n) is 7.03. The Kier molecular flexibility index (Phi) is 3.64. The number of aryl methyl sites for hydroxylation is 1. The van der Waals surface area contributed by atoms with Gasteiger partial charge in [-0.25, -0.2) is 0 Å². The summed E-state index contributed by atoms with van der Waals surface area (Å²) < 4.78 is 0. The van der Waals surface area contributed by atoms with Gasteiger partial charge in [-0.15, -0.1) is 0 Å². The molecule has 20 heavy (non-hydrogen) atoms. The maximum absolute atomic E-state index is 11.5. The zero-order chi connectivity index (χ0) is 14.2. The summed E-state index contributed by atoms with van der Waals surface area (Å²) in [6, 6.07) is 8.64. The van der Waals surface area contributed by atoms with E-state index < -0.39 is 5.60 Å². The lowest BCUT2D eigenvalue weighted by atomic mass is 9.55. The highest BCUT2D eigenvalue weighted by Gasteiger charge is 2.53. The Morgan fingerprint density at radius 3 is 2.80 bits per heavy atom. The molecule has 3 atom stereocenters. The summed E-state index contributed by atoms with van der Waals surface area (Å²) in [5.74, 6) is 0.603. The van der Waals surface area contributed by atoms with E-state index in [2.05, 4.69) is 31.2 Å². The van der Waals surface area contributed by atoms with E-state index in [4.69, 9.17) is 5.73 Å². The molecule has 0 aliphatic heterocycles. The Hall–Kier alpha value is -0.860. The van der Waals surface area contributed by atoms with Gasteiger partial charge in [-0.3, -0.25) is 0 Å². The quantitative estimate of drug-likeness (QED) is 0.869. The molecule has 1 aromatic carbocycles. The van der Waals surface area contributed by atoms with Crippen molar-refractivity contribution in [3.63, 3.8) is 0 Å². The molecule has 2 aliphatic rings. The van der Waals surface area contributed by atoms with Crippen molar-refractivity contribution in [3.8, 4) is 0 Å². The molecule has 1 saturated carbocycles. The zero-order valence-electron chi connectivity index (χ0n) is 12.6. The maximum Gasteiger partial charge on any atom is 0.0758 e. The average Bonchev–Trinajstić information content (AvgIpc) is 2.46. The third-order valence-electron chi connectivity index (χ3n) is 5.80. The lowest BCUT2D eigenvalue weighted by Gasteiger charge is -2.53. The first-order valence-corrected chi connectivity index (χ1v) is 8.12. The number of fused-ring (bicyclic) bond motifs is 1. The van der Waals surface area contributed by atoms with Crippen LogP contribution in [-0.2, 0) is 11.8 Å². The van der Waals surface area contributed by atoms with Crippen LogP contribution in [0.3, 0.4) is 0 Å². The van der Waals surface area contributed by atoms with Crippen molar-refractivity contribution in [3.05, 3.63) is 35.4 Å². The molecule has 3 unspecified atom stereocenters. The fraction of sp³-hybridized carbons (Fsp3) is 0.667. The summed E-state index contributed by atoms with van der Waals surface area (Å²) >= 11 is 0. The number of hydrogen-bond donors (Lipinski definition) is 2. The number of hydrogen-bond acceptors (Lipinski definition) is 2. The van der Waals surface area contributed by atoms with E-state index in [-0.39, 0.29) is 5.41 Å². The number of aliphatic hydroxyl groups is 1. The predicted molar refractivity (Wildman–Crippen MR) is 82.7 cm³/mol. The van der Waals surface area contributed by atoms with Gasteiger partial charge in [0.05, 0.1) is 5.60 Å². The van der Waals surface area contributed by atoms with Crippen LogP contribution in [0.25, 0.3) is 0 Å². The van der Waals surface area contributed by atoms with Crippen molar-refractivity contribution < 1.29 is 5.11 Å². The third-order valence-corrected chi connectivity index (χ3v) is 5.80. The average molecular weight is 273 g/mol. The first kappa shape index (κ1) is 14.1. The summed E-state index contributed by atoms with van der Waals surface area (Å²) in [6.45, 7) is 2.83. The lowest BCUT2D eigenvalue weighted by Crippen LogP contribution is -2.59. The number of nitrogens with two attached hydrogens (primary N) is 1. The van der Waals surface area contributed by atoms with Crippen LogP contribution in [0.5, 0.6) is 0 Å². The number of benzene rings is 1. The van der Waals surface area contributed by atoms with Gasteiger partial charge in [0.2, 0.25) is 0 Å². The fourth-order valence-electron chi connectivity index (χ4n) is 4.76. The van der Waals surface area contributed by atoms with Gasteiger partial charge in [0.1, 0.15) is 0 Å². The van der Waals surface area contributed by atoms with E-state index in [1.165, 1.54) is 17.5 Å². The molecule has 2 nitrogen and oxygen atoms in total. The second kappa shape index (κ2) is 5.16. The Morgan fingerprint density at radius 1 is 1.25 bits per heavy atom. The summed E-state index contributed by atoms with van der Waals surface area (Å²) in [5.41, 5.74) is 8.14. The summed E-state index contributed by atoms with van der Waals surface area (Å²) in [7, 11) is 0. The Morgan fingerprint density at radius 2 is 2.05 bits per heavy atom. The summed E-state index contributed by atoms with van der Waals surface area (Å²) in [4.78, 5) is 0. The van der Waals surface area contributed by atoms with Gasteiger partial charge in [0, 0.05) is 12.0 Å². The molecule has 3 rings (SSSR count). The van der Waals surface area contributed by atoms with E-state index in [9.17, 15) is 5.11 Å². The molecule has 0 amide bonds. The monoisotopic (exact) mass is 273 g/mol. The molecular formula is C18H27NO. The van der Waals surface area contributed by atoms with Crippen molar-refractivity contribution >= 4 is 0 Å². The van der Waals surface area contributed by atoms with Crippen molar-refractivity contribution in [1.82, 2.24) is 0 Å². The molecular weight excluding hydrogens is 246 g/mol. The van der Waals surface area contributed by atoms with Crippen molar-refractivity contribution in [2.45, 2.75) is 62.9 Å².